The van der Waals surface area contributed by atoms with Crippen LogP contribution in [0.5, 0.6) is 5.75 Å². The molecule has 0 aliphatic carbocycles. The summed E-state index contributed by atoms with van der Waals surface area (Å²) in [5.74, 6) is -0.772. The number of hydrogen-bond acceptors (Lipinski definition) is 4. The predicted molar refractivity (Wildman–Crippen MR) is 92.3 cm³/mol. The average molecular weight is 381 g/mol. The third-order valence-electron chi connectivity index (χ3n) is 3.65. The van der Waals surface area contributed by atoms with Crippen LogP contribution in [0.15, 0.2) is 48.5 Å². The first-order chi connectivity index (χ1) is 12.8. The molecule has 2 aromatic carbocycles. The highest BCUT2D eigenvalue weighted by atomic mass is 19.4. The van der Waals surface area contributed by atoms with Gasteiger partial charge in [0.15, 0.2) is 6.61 Å². The number of ether oxygens (including phenoxy) is 2. The van der Waals surface area contributed by atoms with Crippen LogP contribution in [-0.4, -0.2) is 25.6 Å². The number of hydrogen-bond donors (Lipinski definition) is 1. The smallest absolute Gasteiger partial charge is 0.418 e. The normalized spacial score (nSPS) is 11.0. The molecule has 0 saturated heterocycles. The van der Waals surface area contributed by atoms with Gasteiger partial charge in [0.1, 0.15) is 5.75 Å². The van der Waals surface area contributed by atoms with Gasteiger partial charge in [0, 0.05) is 6.42 Å². The molecule has 5 nitrogen and oxygen atoms in total. The average Bonchev–Trinajstić information content (AvgIpc) is 2.64. The number of anilines is 1. The van der Waals surface area contributed by atoms with Gasteiger partial charge in [-0.25, -0.2) is 0 Å². The lowest BCUT2D eigenvalue weighted by atomic mass is 10.1. The lowest BCUT2D eigenvalue weighted by Crippen LogP contribution is -2.22. The van der Waals surface area contributed by atoms with E-state index >= 15 is 0 Å². The molecule has 0 radical (unpaired) electrons. The monoisotopic (exact) mass is 381 g/mol. The van der Waals surface area contributed by atoms with Crippen molar-refractivity contribution in [1.29, 1.82) is 0 Å². The van der Waals surface area contributed by atoms with E-state index in [2.05, 4.69) is 5.32 Å². The van der Waals surface area contributed by atoms with Crippen LogP contribution >= 0.6 is 0 Å². The molecule has 0 aromatic heterocycles. The summed E-state index contributed by atoms with van der Waals surface area (Å²) < 4.78 is 48.5. The van der Waals surface area contributed by atoms with Crippen molar-refractivity contribution < 1.29 is 32.2 Å². The van der Waals surface area contributed by atoms with E-state index in [1.807, 2.05) is 0 Å². The number of amides is 1. The molecule has 0 atom stereocenters. The summed E-state index contributed by atoms with van der Waals surface area (Å²) in [7, 11) is 1.55. The summed E-state index contributed by atoms with van der Waals surface area (Å²) in [6.07, 6.45) is -4.15. The molecule has 0 aliphatic heterocycles. The second-order valence-corrected chi connectivity index (χ2v) is 5.60. The summed E-state index contributed by atoms with van der Waals surface area (Å²) in [4.78, 5) is 23.5. The van der Waals surface area contributed by atoms with E-state index in [-0.39, 0.29) is 12.1 Å². The number of halogens is 3. The van der Waals surface area contributed by atoms with Crippen LogP contribution < -0.4 is 10.1 Å². The molecule has 2 rings (SSSR count). The minimum Gasteiger partial charge on any atom is -0.497 e. The first-order valence-corrected chi connectivity index (χ1v) is 8.04. The van der Waals surface area contributed by atoms with Gasteiger partial charge in [-0.05, 0) is 36.2 Å². The molecule has 2 aromatic rings. The van der Waals surface area contributed by atoms with E-state index in [1.54, 1.807) is 31.4 Å². The molecule has 0 aliphatic rings. The Bertz CT molecular complexity index is 788. The Morgan fingerprint density at radius 1 is 1.04 bits per heavy atom. The summed E-state index contributed by atoms with van der Waals surface area (Å²) in [6, 6.07) is 11.7. The lowest BCUT2D eigenvalue weighted by molar-refractivity contribution is -0.147. The van der Waals surface area contributed by atoms with Gasteiger partial charge in [0.2, 0.25) is 0 Å². The van der Waals surface area contributed by atoms with Gasteiger partial charge < -0.3 is 14.8 Å². The molecule has 0 unspecified atom stereocenters. The van der Waals surface area contributed by atoms with Crippen molar-refractivity contribution in [2.45, 2.75) is 19.0 Å². The van der Waals surface area contributed by atoms with Crippen LogP contribution in [0, 0.1) is 0 Å². The zero-order valence-corrected chi connectivity index (χ0v) is 14.5. The Labute approximate surface area is 154 Å². The van der Waals surface area contributed by atoms with Gasteiger partial charge in [-0.1, -0.05) is 24.3 Å². The molecular formula is C19H18F3NO4. The summed E-state index contributed by atoms with van der Waals surface area (Å²) in [5.41, 5.74) is -0.468. The number of rotatable bonds is 7. The Morgan fingerprint density at radius 3 is 2.33 bits per heavy atom. The third kappa shape index (κ3) is 6.32. The Balaban J connectivity index is 1.80. The number of methoxy groups -OCH3 is 1. The fourth-order valence-corrected chi connectivity index (χ4v) is 2.28. The van der Waals surface area contributed by atoms with Gasteiger partial charge >= 0.3 is 12.1 Å². The standard InChI is InChI=1S/C19H18F3NO4/c1-26-14-9-6-13(7-10-14)8-11-18(25)27-12-17(24)23-16-5-3-2-4-15(16)19(20,21)22/h2-7,9-10H,8,11-12H2,1H3,(H,23,24). The predicted octanol–water partition coefficient (Wildman–Crippen LogP) is 3.83. The highest BCUT2D eigenvalue weighted by molar-refractivity contribution is 5.93. The van der Waals surface area contributed by atoms with Crippen LogP contribution in [0.2, 0.25) is 0 Å². The van der Waals surface area contributed by atoms with Gasteiger partial charge in [-0.3, -0.25) is 9.59 Å². The number of alkyl halides is 3. The van der Waals surface area contributed by atoms with Crippen LogP contribution in [-0.2, 0) is 26.9 Å². The summed E-state index contributed by atoms with van der Waals surface area (Å²) in [6.45, 7) is -0.659. The Hall–Kier alpha value is -3.03. The van der Waals surface area contributed by atoms with Crippen molar-refractivity contribution in [3.63, 3.8) is 0 Å². The van der Waals surface area contributed by atoms with E-state index in [9.17, 15) is 22.8 Å². The molecule has 1 amide bonds. The molecule has 0 saturated carbocycles. The van der Waals surface area contributed by atoms with Gasteiger partial charge in [0.25, 0.3) is 5.91 Å². The number of esters is 1. The third-order valence-corrected chi connectivity index (χ3v) is 3.65. The number of aryl methyl sites for hydroxylation is 1. The topological polar surface area (TPSA) is 64.6 Å². The number of nitrogens with one attached hydrogen (secondary N) is 1. The number of carbonyl (C=O) groups is 2. The maximum Gasteiger partial charge on any atom is 0.418 e. The molecular weight excluding hydrogens is 363 g/mol. The SMILES string of the molecule is COc1ccc(CCC(=O)OCC(=O)Nc2ccccc2C(F)(F)F)cc1. The molecule has 27 heavy (non-hydrogen) atoms. The Kier molecular flexibility index (Phi) is 6.81. The molecule has 0 bridgehead atoms. The molecule has 144 valence electrons. The van der Waals surface area contributed by atoms with Crippen molar-refractivity contribution in [2.75, 3.05) is 19.0 Å². The van der Waals surface area contributed by atoms with Crippen molar-refractivity contribution in [3.8, 4) is 5.75 Å². The van der Waals surface area contributed by atoms with Crippen LogP contribution in [0.3, 0.4) is 0 Å². The molecule has 0 heterocycles. The maximum atomic E-state index is 12.9. The van der Waals surface area contributed by atoms with Gasteiger partial charge in [0.05, 0.1) is 18.4 Å². The van der Waals surface area contributed by atoms with Gasteiger partial charge in [-0.15, -0.1) is 0 Å². The minimum atomic E-state index is -4.60. The highest BCUT2D eigenvalue weighted by Crippen LogP contribution is 2.34. The first-order valence-electron chi connectivity index (χ1n) is 8.04. The minimum absolute atomic E-state index is 0.0404. The fraction of sp³-hybridized carbons (Fsp3) is 0.263. The highest BCUT2D eigenvalue weighted by Gasteiger charge is 2.33. The summed E-state index contributed by atoms with van der Waals surface area (Å²) in [5, 5.41) is 2.11. The molecule has 1 N–H and O–H groups in total. The Morgan fingerprint density at radius 2 is 1.70 bits per heavy atom. The second kappa shape index (κ2) is 9.07. The van der Waals surface area contributed by atoms with E-state index < -0.39 is 30.2 Å². The van der Waals surface area contributed by atoms with E-state index in [4.69, 9.17) is 9.47 Å². The first kappa shape index (κ1) is 20.3. The quantitative estimate of drug-likeness (QED) is 0.741. The van der Waals surface area contributed by atoms with Crippen molar-refractivity contribution in [2.24, 2.45) is 0 Å². The number of carbonyl (C=O) groups excluding carboxylic acids is 2. The maximum absolute atomic E-state index is 12.9. The summed E-state index contributed by atoms with van der Waals surface area (Å²) >= 11 is 0. The molecule has 0 spiro atoms. The zero-order chi connectivity index (χ0) is 19.9. The lowest BCUT2D eigenvalue weighted by Gasteiger charge is -2.13. The van der Waals surface area contributed by atoms with Crippen LogP contribution in [0.25, 0.3) is 0 Å². The van der Waals surface area contributed by atoms with Crippen molar-refractivity contribution in [3.05, 3.63) is 59.7 Å². The second-order valence-electron chi connectivity index (χ2n) is 5.60. The largest absolute Gasteiger partial charge is 0.497 e. The van der Waals surface area contributed by atoms with Crippen LogP contribution in [0.4, 0.5) is 18.9 Å². The number of benzene rings is 2. The van der Waals surface area contributed by atoms with Crippen LogP contribution in [0.1, 0.15) is 17.5 Å². The van der Waals surface area contributed by atoms with E-state index in [1.165, 1.54) is 12.1 Å². The van der Waals surface area contributed by atoms with E-state index in [0.29, 0.717) is 12.2 Å². The number of para-hydroxylation sites is 1. The molecule has 0 fully saturated rings. The van der Waals surface area contributed by atoms with Crippen molar-refractivity contribution >= 4 is 17.6 Å². The zero-order valence-electron chi connectivity index (χ0n) is 14.5. The van der Waals surface area contributed by atoms with Crippen molar-refractivity contribution in [1.82, 2.24) is 0 Å². The van der Waals surface area contributed by atoms with Gasteiger partial charge in [-0.2, -0.15) is 13.2 Å². The fourth-order valence-electron chi connectivity index (χ4n) is 2.28. The van der Waals surface area contributed by atoms with E-state index in [0.717, 1.165) is 17.7 Å². The molecule has 8 heteroatoms.